The molecule has 0 aliphatic heterocycles. The average Bonchev–Trinajstić information content (AvgIpc) is 2.59. The van der Waals surface area contributed by atoms with Gasteiger partial charge in [-0.05, 0) is 29.8 Å². The first-order valence-corrected chi connectivity index (χ1v) is 7.59. The van der Waals surface area contributed by atoms with E-state index in [-0.39, 0.29) is 6.54 Å². The number of amides is 2. The first kappa shape index (κ1) is 19.3. The van der Waals surface area contributed by atoms with Crippen LogP contribution in [0.3, 0.4) is 0 Å². The number of halogens is 3. The molecule has 2 N–H and O–H groups in total. The number of nitrogens with two attached hydrogens (primary N) is 1. The van der Waals surface area contributed by atoms with Crippen molar-refractivity contribution in [2.75, 3.05) is 13.7 Å². The molecule has 0 spiro atoms. The summed E-state index contributed by atoms with van der Waals surface area (Å²) in [5.74, 6) is -1.24. The molecule has 2 amide bonds. The molecular weight excluding hydrogens is 349 g/mol. The Hall–Kier alpha value is -3.03. The third kappa shape index (κ3) is 4.75. The molecule has 5 nitrogen and oxygen atoms in total. The highest BCUT2D eigenvalue weighted by molar-refractivity contribution is 5.97. The maximum atomic E-state index is 13.2. The third-order valence-electron chi connectivity index (χ3n) is 3.60. The molecule has 0 radical (unpaired) electrons. The highest BCUT2D eigenvalue weighted by atomic mass is 19.4. The highest BCUT2D eigenvalue weighted by Gasteiger charge is 2.36. The maximum absolute atomic E-state index is 13.2. The van der Waals surface area contributed by atoms with E-state index in [1.807, 2.05) is 0 Å². The molecule has 26 heavy (non-hydrogen) atoms. The van der Waals surface area contributed by atoms with Crippen LogP contribution in [-0.2, 0) is 17.5 Å². The number of hydrogen-bond acceptors (Lipinski definition) is 3. The van der Waals surface area contributed by atoms with Crippen LogP contribution in [0.1, 0.15) is 21.5 Å². The normalized spacial score (nSPS) is 11.1. The number of methoxy groups -OCH3 is 1. The number of ether oxygens (including phenoxy) is 1. The van der Waals surface area contributed by atoms with E-state index in [0.717, 1.165) is 17.0 Å². The minimum atomic E-state index is -4.69. The summed E-state index contributed by atoms with van der Waals surface area (Å²) >= 11 is 0. The lowest BCUT2D eigenvalue weighted by atomic mass is 10.1. The summed E-state index contributed by atoms with van der Waals surface area (Å²) in [6.07, 6.45) is -4.69. The van der Waals surface area contributed by atoms with Gasteiger partial charge < -0.3 is 15.4 Å². The summed E-state index contributed by atoms with van der Waals surface area (Å²) in [6.45, 7) is -0.604. The standard InChI is InChI=1S/C18H17F3N2O3/c1-26-13-6-4-5-12(9-13)10-23(11-16(22)24)17(25)14-7-2-3-8-15(14)18(19,20)21/h2-9H,10-11H2,1H3,(H2,22,24). The second-order valence-corrected chi connectivity index (χ2v) is 5.52. The molecule has 0 saturated heterocycles. The predicted molar refractivity (Wildman–Crippen MR) is 88.4 cm³/mol. The van der Waals surface area contributed by atoms with Crippen LogP contribution in [0.4, 0.5) is 13.2 Å². The van der Waals surface area contributed by atoms with Crippen LogP contribution in [-0.4, -0.2) is 30.4 Å². The van der Waals surface area contributed by atoms with Crippen LogP contribution in [0.5, 0.6) is 5.75 Å². The smallest absolute Gasteiger partial charge is 0.417 e. The van der Waals surface area contributed by atoms with Gasteiger partial charge in [0.15, 0.2) is 0 Å². The summed E-state index contributed by atoms with van der Waals surface area (Å²) in [7, 11) is 1.46. The molecule has 0 fully saturated rings. The zero-order valence-corrected chi connectivity index (χ0v) is 13.9. The van der Waals surface area contributed by atoms with E-state index in [9.17, 15) is 22.8 Å². The summed E-state index contributed by atoms with van der Waals surface area (Å²) in [5.41, 5.74) is 4.15. The predicted octanol–water partition coefficient (Wildman–Crippen LogP) is 2.84. The fourth-order valence-corrected chi connectivity index (χ4v) is 2.47. The molecule has 0 saturated carbocycles. The van der Waals surface area contributed by atoms with Crippen molar-refractivity contribution in [2.24, 2.45) is 5.73 Å². The van der Waals surface area contributed by atoms with Crippen LogP contribution < -0.4 is 10.5 Å². The summed E-state index contributed by atoms with van der Waals surface area (Å²) < 4.78 is 44.6. The van der Waals surface area contributed by atoms with Crippen LogP contribution in [0.2, 0.25) is 0 Å². The fourth-order valence-electron chi connectivity index (χ4n) is 2.47. The summed E-state index contributed by atoms with van der Waals surface area (Å²) in [4.78, 5) is 25.0. The largest absolute Gasteiger partial charge is 0.497 e. The maximum Gasteiger partial charge on any atom is 0.417 e. The van der Waals surface area contributed by atoms with Crippen molar-refractivity contribution in [3.63, 3.8) is 0 Å². The van der Waals surface area contributed by atoms with Gasteiger partial charge in [-0.15, -0.1) is 0 Å². The molecule has 0 heterocycles. The summed E-state index contributed by atoms with van der Waals surface area (Å²) in [6, 6.07) is 11.1. The second kappa shape index (κ2) is 7.90. The van der Waals surface area contributed by atoms with Gasteiger partial charge in [0.25, 0.3) is 5.91 Å². The Bertz CT molecular complexity index is 806. The van der Waals surface area contributed by atoms with Crippen LogP contribution in [0.25, 0.3) is 0 Å². The topological polar surface area (TPSA) is 72.6 Å². The van der Waals surface area contributed by atoms with Crippen molar-refractivity contribution < 1.29 is 27.5 Å². The minimum Gasteiger partial charge on any atom is -0.497 e. The minimum absolute atomic E-state index is 0.0921. The van der Waals surface area contributed by atoms with E-state index < -0.39 is 35.7 Å². The van der Waals surface area contributed by atoms with Gasteiger partial charge in [0, 0.05) is 6.54 Å². The number of benzene rings is 2. The molecule has 2 aromatic rings. The molecule has 0 bridgehead atoms. The SMILES string of the molecule is COc1cccc(CN(CC(N)=O)C(=O)c2ccccc2C(F)(F)F)c1. The Kier molecular flexibility index (Phi) is 5.86. The van der Waals surface area contributed by atoms with Gasteiger partial charge in [0.2, 0.25) is 5.91 Å². The first-order valence-electron chi connectivity index (χ1n) is 7.59. The van der Waals surface area contributed by atoms with Crippen molar-refractivity contribution in [1.29, 1.82) is 0 Å². The van der Waals surface area contributed by atoms with Gasteiger partial charge in [-0.25, -0.2) is 0 Å². The number of hydrogen-bond donors (Lipinski definition) is 1. The molecule has 0 atom stereocenters. The van der Waals surface area contributed by atoms with Crippen molar-refractivity contribution in [3.05, 3.63) is 65.2 Å². The monoisotopic (exact) mass is 366 g/mol. The number of alkyl halides is 3. The average molecular weight is 366 g/mol. The van der Waals surface area contributed by atoms with Gasteiger partial charge in [-0.1, -0.05) is 24.3 Å². The number of carbonyl (C=O) groups is 2. The van der Waals surface area contributed by atoms with E-state index in [2.05, 4.69) is 0 Å². The fraction of sp³-hybridized carbons (Fsp3) is 0.222. The molecule has 0 aliphatic rings. The Morgan fingerprint density at radius 3 is 2.42 bits per heavy atom. The molecule has 0 aliphatic carbocycles. The molecule has 0 aromatic heterocycles. The molecule has 2 aromatic carbocycles. The van der Waals surface area contributed by atoms with Gasteiger partial charge >= 0.3 is 6.18 Å². The van der Waals surface area contributed by atoms with Crippen LogP contribution >= 0.6 is 0 Å². The van der Waals surface area contributed by atoms with Gasteiger partial charge in [0.05, 0.1) is 24.8 Å². The zero-order chi connectivity index (χ0) is 19.3. The van der Waals surface area contributed by atoms with Crippen molar-refractivity contribution >= 4 is 11.8 Å². The van der Waals surface area contributed by atoms with E-state index in [1.54, 1.807) is 24.3 Å². The summed E-state index contributed by atoms with van der Waals surface area (Å²) in [5, 5.41) is 0. The third-order valence-corrected chi connectivity index (χ3v) is 3.60. The van der Waals surface area contributed by atoms with E-state index in [4.69, 9.17) is 10.5 Å². The van der Waals surface area contributed by atoms with Gasteiger partial charge in [-0.3, -0.25) is 9.59 Å². The number of carbonyl (C=O) groups excluding carboxylic acids is 2. The van der Waals surface area contributed by atoms with Gasteiger partial charge in [-0.2, -0.15) is 13.2 Å². The lowest BCUT2D eigenvalue weighted by molar-refractivity contribution is -0.138. The van der Waals surface area contributed by atoms with Crippen molar-refractivity contribution in [2.45, 2.75) is 12.7 Å². The lowest BCUT2D eigenvalue weighted by Gasteiger charge is -2.23. The Morgan fingerprint density at radius 2 is 1.81 bits per heavy atom. The van der Waals surface area contributed by atoms with E-state index in [1.165, 1.54) is 19.2 Å². The van der Waals surface area contributed by atoms with E-state index >= 15 is 0 Å². The number of rotatable bonds is 6. The zero-order valence-electron chi connectivity index (χ0n) is 13.9. The number of nitrogens with zero attached hydrogens (tertiary/aromatic N) is 1. The van der Waals surface area contributed by atoms with Crippen LogP contribution in [0, 0.1) is 0 Å². The quantitative estimate of drug-likeness (QED) is 0.854. The molecule has 2 rings (SSSR count). The Labute approximate surface area is 148 Å². The van der Waals surface area contributed by atoms with E-state index in [0.29, 0.717) is 11.3 Å². The molecule has 138 valence electrons. The molecular formula is C18H17F3N2O3. The molecule has 0 unspecified atom stereocenters. The van der Waals surface area contributed by atoms with Gasteiger partial charge in [0.1, 0.15) is 5.75 Å². The Morgan fingerprint density at radius 1 is 1.12 bits per heavy atom. The molecule has 8 heteroatoms. The second-order valence-electron chi connectivity index (χ2n) is 5.52. The number of primary amides is 1. The van der Waals surface area contributed by atoms with Crippen molar-refractivity contribution in [1.82, 2.24) is 4.90 Å². The Balaban J connectivity index is 2.38. The highest BCUT2D eigenvalue weighted by Crippen LogP contribution is 2.32. The van der Waals surface area contributed by atoms with Crippen LogP contribution in [0.15, 0.2) is 48.5 Å². The lowest BCUT2D eigenvalue weighted by Crippen LogP contribution is -2.38. The van der Waals surface area contributed by atoms with Crippen molar-refractivity contribution in [3.8, 4) is 5.75 Å². The first-order chi connectivity index (χ1) is 12.2.